The van der Waals surface area contributed by atoms with Crippen molar-refractivity contribution in [3.05, 3.63) is 36.3 Å². The summed E-state index contributed by atoms with van der Waals surface area (Å²) < 4.78 is 5.40. The van der Waals surface area contributed by atoms with Crippen molar-refractivity contribution in [3.8, 4) is 0 Å². The number of aromatic nitrogens is 2. The molecule has 1 aliphatic rings. The van der Waals surface area contributed by atoms with Gasteiger partial charge in [-0.25, -0.2) is 4.79 Å². The molecule has 5 heteroatoms. The van der Waals surface area contributed by atoms with Crippen LogP contribution in [0.1, 0.15) is 32.9 Å². The van der Waals surface area contributed by atoms with Gasteiger partial charge in [-0.1, -0.05) is 6.08 Å². The number of pyridine rings is 1. The van der Waals surface area contributed by atoms with E-state index < -0.39 is 5.60 Å². The van der Waals surface area contributed by atoms with E-state index in [0.717, 1.165) is 23.0 Å². The highest BCUT2D eigenvalue weighted by atomic mass is 16.6. The average molecular weight is 299 g/mol. The normalized spacial score (nSPS) is 15.8. The van der Waals surface area contributed by atoms with Crippen LogP contribution in [-0.4, -0.2) is 39.7 Å². The number of H-pyrrole nitrogens is 1. The molecule has 116 valence electrons. The van der Waals surface area contributed by atoms with E-state index in [1.54, 1.807) is 4.90 Å². The molecular formula is C17H21N3O2. The van der Waals surface area contributed by atoms with Crippen molar-refractivity contribution in [2.45, 2.75) is 32.8 Å². The Morgan fingerprint density at radius 2 is 2.23 bits per heavy atom. The quantitative estimate of drug-likeness (QED) is 0.875. The molecule has 1 N–H and O–H groups in total. The number of carbonyl (C=O) groups is 1. The Bertz CT molecular complexity index is 725. The predicted octanol–water partition coefficient (Wildman–Crippen LogP) is 3.59. The Hall–Kier alpha value is -2.30. The molecular weight excluding hydrogens is 278 g/mol. The third kappa shape index (κ3) is 3.13. The molecule has 1 aliphatic heterocycles. The van der Waals surface area contributed by atoms with Crippen molar-refractivity contribution >= 4 is 22.6 Å². The minimum Gasteiger partial charge on any atom is -0.444 e. The molecule has 0 fully saturated rings. The van der Waals surface area contributed by atoms with E-state index in [4.69, 9.17) is 4.74 Å². The molecule has 2 aromatic rings. The van der Waals surface area contributed by atoms with E-state index in [-0.39, 0.29) is 6.09 Å². The second-order valence-corrected chi connectivity index (χ2v) is 6.54. The Kier molecular flexibility index (Phi) is 3.64. The summed E-state index contributed by atoms with van der Waals surface area (Å²) >= 11 is 0. The maximum Gasteiger partial charge on any atom is 0.410 e. The lowest BCUT2D eigenvalue weighted by atomic mass is 10.0. The molecule has 22 heavy (non-hydrogen) atoms. The fourth-order valence-corrected chi connectivity index (χ4v) is 2.52. The summed E-state index contributed by atoms with van der Waals surface area (Å²) in [7, 11) is 0. The van der Waals surface area contributed by atoms with E-state index in [0.29, 0.717) is 13.1 Å². The van der Waals surface area contributed by atoms with Crippen LogP contribution in [0.4, 0.5) is 4.79 Å². The van der Waals surface area contributed by atoms with Crippen molar-refractivity contribution in [3.63, 3.8) is 0 Å². The summed E-state index contributed by atoms with van der Waals surface area (Å²) in [5.74, 6) is 0. The molecule has 3 rings (SSSR count). The Labute approximate surface area is 130 Å². The number of hydrogen-bond acceptors (Lipinski definition) is 3. The fraction of sp³-hybridized carbons (Fsp3) is 0.412. The second-order valence-electron chi connectivity index (χ2n) is 6.54. The number of carbonyl (C=O) groups excluding carboxylic acids is 1. The molecule has 5 nitrogen and oxygen atoms in total. The van der Waals surface area contributed by atoms with Gasteiger partial charge < -0.3 is 14.6 Å². The van der Waals surface area contributed by atoms with E-state index >= 15 is 0 Å². The Balaban J connectivity index is 1.72. The van der Waals surface area contributed by atoms with Crippen LogP contribution < -0.4 is 0 Å². The van der Waals surface area contributed by atoms with E-state index in [1.165, 1.54) is 5.57 Å². The first-order valence-electron chi connectivity index (χ1n) is 7.53. The summed E-state index contributed by atoms with van der Waals surface area (Å²) in [4.78, 5) is 21.4. The number of nitrogens with zero attached hydrogens (tertiary/aromatic N) is 2. The molecule has 0 saturated carbocycles. The highest BCUT2D eigenvalue weighted by Gasteiger charge is 2.24. The zero-order valence-electron chi connectivity index (χ0n) is 13.2. The lowest BCUT2D eigenvalue weighted by molar-refractivity contribution is 0.0270. The third-order valence-corrected chi connectivity index (χ3v) is 3.63. The zero-order chi connectivity index (χ0) is 15.7. The first kappa shape index (κ1) is 14.6. The van der Waals surface area contributed by atoms with Crippen molar-refractivity contribution in [2.24, 2.45) is 0 Å². The zero-order valence-corrected chi connectivity index (χ0v) is 13.2. The highest BCUT2D eigenvalue weighted by molar-refractivity contribution is 5.82. The van der Waals surface area contributed by atoms with Gasteiger partial charge in [0.1, 0.15) is 5.60 Å². The first-order valence-corrected chi connectivity index (χ1v) is 7.53. The average Bonchev–Trinajstić information content (AvgIpc) is 2.93. The van der Waals surface area contributed by atoms with Gasteiger partial charge in [-0.3, -0.25) is 4.98 Å². The van der Waals surface area contributed by atoms with Crippen LogP contribution in [0, 0.1) is 0 Å². The van der Waals surface area contributed by atoms with Crippen LogP contribution in [0.5, 0.6) is 0 Å². The lowest BCUT2D eigenvalue weighted by Crippen LogP contribution is -2.39. The fourth-order valence-electron chi connectivity index (χ4n) is 2.52. The van der Waals surface area contributed by atoms with Gasteiger partial charge in [0.05, 0.1) is 17.4 Å². The minimum atomic E-state index is -0.456. The standard InChI is InChI=1S/C17H21N3O2/c1-17(2,3)22-16(21)20-8-5-12(6-9-20)14-10-13-4-7-18-15(13)11-19-14/h4-5,7,10-11,18H,6,8-9H2,1-3H3. The summed E-state index contributed by atoms with van der Waals surface area (Å²) in [5.41, 5.74) is 2.75. The van der Waals surface area contributed by atoms with Crippen LogP contribution >= 0.6 is 0 Å². The largest absolute Gasteiger partial charge is 0.444 e. The summed E-state index contributed by atoms with van der Waals surface area (Å²) in [6, 6.07) is 4.12. The smallest absolute Gasteiger partial charge is 0.410 e. The van der Waals surface area contributed by atoms with Crippen molar-refractivity contribution in [2.75, 3.05) is 13.1 Å². The van der Waals surface area contributed by atoms with E-state index in [9.17, 15) is 4.79 Å². The molecule has 0 bridgehead atoms. The van der Waals surface area contributed by atoms with Gasteiger partial charge in [0.25, 0.3) is 0 Å². The second kappa shape index (κ2) is 5.48. The SMILES string of the molecule is CC(C)(C)OC(=O)N1CC=C(c2cc3cc[nH]c3cn2)CC1. The molecule has 0 spiro atoms. The number of hydrogen-bond donors (Lipinski definition) is 1. The molecule has 0 aromatic carbocycles. The molecule has 1 amide bonds. The predicted molar refractivity (Wildman–Crippen MR) is 86.5 cm³/mol. The van der Waals surface area contributed by atoms with Gasteiger partial charge in [-0.2, -0.15) is 0 Å². The molecule has 3 heterocycles. The molecule has 0 aliphatic carbocycles. The maximum atomic E-state index is 12.1. The van der Waals surface area contributed by atoms with Gasteiger partial charge in [-0.15, -0.1) is 0 Å². The minimum absolute atomic E-state index is 0.253. The number of fused-ring (bicyclic) bond motifs is 1. The molecule has 0 saturated heterocycles. The highest BCUT2D eigenvalue weighted by Crippen LogP contribution is 2.24. The monoisotopic (exact) mass is 299 g/mol. The maximum absolute atomic E-state index is 12.1. The number of ether oxygens (including phenoxy) is 1. The molecule has 0 unspecified atom stereocenters. The van der Waals surface area contributed by atoms with Crippen LogP contribution in [0.2, 0.25) is 0 Å². The van der Waals surface area contributed by atoms with Crippen LogP contribution in [0.25, 0.3) is 16.5 Å². The number of amides is 1. The number of rotatable bonds is 1. The van der Waals surface area contributed by atoms with Crippen molar-refractivity contribution < 1.29 is 9.53 Å². The molecule has 0 atom stereocenters. The Morgan fingerprint density at radius 3 is 2.91 bits per heavy atom. The summed E-state index contributed by atoms with van der Waals surface area (Å²) in [6.07, 6.45) is 6.37. The van der Waals surface area contributed by atoms with Gasteiger partial charge in [0, 0.05) is 24.7 Å². The Morgan fingerprint density at radius 1 is 1.41 bits per heavy atom. The number of nitrogens with one attached hydrogen (secondary N) is 1. The molecule has 2 aromatic heterocycles. The topological polar surface area (TPSA) is 58.2 Å². The third-order valence-electron chi connectivity index (χ3n) is 3.63. The van der Waals surface area contributed by atoms with Crippen LogP contribution in [0.3, 0.4) is 0 Å². The van der Waals surface area contributed by atoms with E-state index in [1.807, 2.05) is 39.2 Å². The van der Waals surface area contributed by atoms with Crippen molar-refractivity contribution in [1.29, 1.82) is 0 Å². The van der Waals surface area contributed by atoms with Gasteiger partial charge >= 0.3 is 6.09 Å². The summed E-state index contributed by atoms with van der Waals surface area (Å²) in [5, 5.41) is 1.15. The van der Waals surface area contributed by atoms with Gasteiger partial charge in [0.15, 0.2) is 0 Å². The van der Waals surface area contributed by atoms with Gasteiger partial charge in [-0.05, 0) is 44.9 Å². The van der Waals surface area contributed by atoms with Crippen molar-refractivity contribution in [1.82, 2.24) is 14.9 Å². The molecule has 0 radical (unpaired) electrons. The number of aromatic amines is 1. The first-order chi connectivity index (χ1) is 10.4. The van der Waals surface area contributed by atoms with Crippen LogP contribution in [-0.2, 0) is 4.74 Å². The summed E-state index contributed by atoms with van der Waals surface area (Å²) in [6.45, 7) is 6.87. The lowest BCUT2D eigenvalue weighted by Gasteiger charge is -2.29. The van der Waals surface area contributed by atoms with Crippen LogP contribution in [0.15, 0.2) is 30.6 Å². The van der Waals surface area contributed by atoms with Gasteiger partial charge in [0.2, 0.25) is 0 Å². The van der Waals surface area contributed by atoms with E-state index in [2.05, 4.69) is 22.1 Å².